The van der Waals surface area contributed by atoms with Gasteiger partial charge in [0.05, 0.1) is 11.2 Å². The van der Waals surface area contributed by atoms with Gasteiger partial charge in [-0.2, -0.15) is 0 Å². The molecule has 0 radical (unpaired) electrons. The van der Waals surface area contributed by atoms with Crippen LogP contribution < -0.4 is 10.6 Å². The molecule has 1 saturated carbocycles. The molecule has 1 aliphatic carbocycles. The molecule has 2 rings (SSSR count). The molecular formula is C17H27FN2. The van der Waals surface area contributed by atoms with Crippen molar-refractivity contribution in [3.63, 3.8) is 0 Å². The van der Waals surface area contributed by atoms with Gasteiger partial charge in [-0.25, -0.2) is 4.39 Å². The Morgan fingerprint density at radius 3 is 2.65 bits per heavy atom. The number of para-hydroxylation sites is 1. The van der Waals surface area contributed by atoms with Gasteiger partial charge >= 0.3 is 0 Å². The lowest BCUT2D eigenvalue weighted by Crippen LogP contribution is -2.61. The molecule has 1 aromatic carbocycles. The van der Waals surface area contributed by atoms with Crippen LogP contribution in [0.1, 0.15) is 40.0 Å². The van der Waals surface area contributed by atoms with Gasteiger partial charge in [0.1, 0.15) is 5.82 Å². The fourth-order valence-corrected chi connectivity index (χ4v) is 3.91. The Labute approximate surface area is 122 Å². The van der Waals surface area contributed by atoms with E-state index in [4.69, 9.17) is 5.73 Å². The summed E-state index contributed by atoms with van der Waals surface area (Å²) in [5.74, 6) is 0.960. The van der Waals surface area contributed by atoms with Crippen molar-refractivity contribution in [2.24, 2.45) is 17.6 Å². The highest BCUT2D eigenvalue weighted by Gasteiger charge is 2.45. The van der Waals surface area contributed by atoms with Crippen molar-refractivity contribution < 1.29 is 4.39 Å². The summed E-state index contributed by atoms with van der Waals surface area (Å²) in [6, 6.07) is 7.07. The Hall–Kier alpha value is -1.09. The average molecular weight is 278 g/mol. The van der Waals surface area contributed by atoms with E-state index in [1.807, 2.05) is 12.1 Å². The van der Waals surface area contributed by atoms with Gasteiger partial charge < -0.3 is 10.6 Å². The molecule has 112 valence electrons. The van der Waals surface area contributed by atoms with Crippen LogP contribution in [0, 0.1) is 17.7 Å². The largest absolute Gasteiger partial charge is 0.362 e. The summed E-state index contributed by atoms with van der Waals surface area (Å²) in [7, 11) is 0. The van der Waals surface area contributed by atoms with E-state index in [0.717, 1.165) is 13.0 Å². The molecule has 3 unspecified atom stereocenters. The number of nitrogens with zero attached hydrogens (tertiary/aromatic N) is 1. The van der Waals surface area contributed by atoms with Gasteiger partial charge in [-0.15, -0.1) is 0 Å². The minimum absolute atomic E-state index is 0.116. The fraction of sp³-hybridized carbons (Fsp3) is 0.647. The molecule has 0 spiro atoms. The maximum atomic E-state index is 14.2. The lowest BCUT2D eigenvalue weighted by atomic mass is 9.67. The van der Waals surface area contributed by atoms with Crippen LogP contribution in [0.25, 0.3) is 0 Å². The molecule has 1 aromatic rings. The second kappa shape index (κ2) is 6.13. The summed E-state index contributed by atoms with van der Waals surface area (Å²) in [5.41, 5.74) is 6.77. The normalized spacial score (nSPS) is 30.2. The van der Waals surface area contributed by atoms with Gasteiger partial charge in [-0.05, 0) is 37.3 Å². The van der Waals surface area contributed by atoms with Crippen LogP contribution in [0.15, 0.2) is 24.3 Å². The highest BCUT2D eigenvalue weighted by molar-refractivity contribution is 5.51. The van der Waals surface area contributed by atoms with E-state index in [1.54, 1.807) is 12.1 Å². The van der Waals surface area contributed by atoms with E-state index >= 15 is 0 Å². The number of hydrogen-bond acceptors (Lipinski definition) is 2. The molecule has 2 N–H and O–H groups in total. The Morgan fingerprint density at radius 1 is 1.35 bits per heavy atom. The number of benzene rings is 1. The Morgan fingerprint density at radius 2 is 2.05 bits per heavy atom. The third-order valence-corrected chi connectivity index (χ3v) is 5.32. The first-order valence-corrected chi connectivity index (χ1v) is 7.79. The van der Waals surface area contributed by atoms with Crippen molar-refractivity contribution in [2.75, 3.05) is 18.0 Å². The number of rotatable bonds is 4. The molecule has 20 heavy (non-hydrogen) atoms. The third-order valence-electron chi connectivity index (χ3n) is 5.32. The number of likely N-dealkylation sites (N-methyl/N-ethyl adjacent to an activating group) is 1. The molecule has 0 aliphatic heterocycles. The van der Waals surface area contributed by atoms with E-state index in [1.165, 1.54) is 12.8 Å². The molecule has 0 saturated heterocycles. The smallest absolute Gasteiger partial charge is 0.146 e. The SMILES string of the molecule is CCN(c1ccccc1F)C1(CN)CCCC(C)C1C. The Balaban J connectivity index is 2.44. The van der Waals surface area contributed by atoms with Crippen molar-refractivity contribution >= 4 is 5.69 Å². The molecule has 1 aliphatic rings. The first kappa shape index (κ1) is 15.3. The summed E-state index contributed by atoms with van der Waals surface area (Å²) in [4.78, 5) is 2.21. The predicted octanol–water partition coefficient (Wildman–Crippen LogP) is 3.81. The molecule has 3 atom stereocenters. The minimum Gasteiger partial charge on any atom is -0.362 e. The Bertz CT molecular complexity index is 448. The molecule has 2 nitrogen and oxygen atoms in total. The lowest BCUT2D eigenvalue weighted by Gasteiger charge is -2.53. The summed E-state index contributed by atoms with van der Waals surface area (Å²) >= 11 is 0. The van der Waals surface area contributed by atoms with E-state index in [-0.39, 0.29) is 11.4 Å². The number of halogens is 1. The van der Waals surface area contributed by atoms with Gasteiger partial charge in [0.25, 0.3) is 0 Å². The van der Waals surface area contributed by atoms with Gasteiger partial charge in [-0.1, -0.05) is 38.8 Å². The fourth-order valence-electron chi connectivity index (χ4n) is 3.91. The van der Waals surface area contributed by atoms with Crippen molar-refractivity contribution in [1.29, 1.82) is 0 Å². The highest BCUT2D eigenvalue weighted by atomic mass is 19.1. The van der Waals surface area contributed by atoms with Crippen LogP contribution in [-0.2, 0) is 0 Å². The van der Waals surface area contributed by atoms with Crippen LogP contribution in [0.3, 0.4) is 0 Å². The minimum atomic E-state index is -0.146. The zero-order valence-corrected chi connectivity index (χ0v) is 12.9. The first-order chi connectivity index (χ1) is 9.56. The van der Waals surface area contributed by atoms with Gasteiger partial charge in [0, 0.05) is 13.1 Å². The molecule has 0 bridgehead atoms. The molecule has 3 heteroatoms. The second-order valence-corrected chi connectivity index (χ2v) is 6.16. The molecule has 0 amide bonds. The molecule has 1 fully saturated rings. The third kappa shape index (κ3) is 2.44. The Kier molecular flexibility index (Phi) is 4.69. The summed E-state index contributed by atoms with van der Waals surface area (Å²) in [6.07, 6.45) is 3.47. The van der Waals surface area contributed by atoms with Crippen LogP contribution in [0.5, 0.6) is 0 Å². The lowest BCUT2D eigenvalue weighted by molar-refractivity contribution is 0.139. The van der Waals surface area contributed by atoms with Crippen molar-refractivity contribution in [3.05, 3.63) is 30.1 Å². The summed E-state index contributed by atoms with van der Waals surface area (Å²) < 4.78 is 14.2. The van der Waals surface area contributed by atoms with E-state index in [9.17, 15) is 4.39 Å². The highest BCUT2D eigenvalue weighted by Crippen LogP contribution is 2.43. The molecule has 0 aromatic heterocycles. The van der Waals surface area contributed by atoms with E-state index in [0.29, 0.717) is 24.1 Å². The molecule has 0 heterocycles. The van der Waals surface area contributed by atoms with Crippen molar-refractivity contribution in [2.45, 2.75) is 45.6 Å². The topological polar surface area (TPSA) is 29.3 Å². The predicted molar refractivity (Wildman–Crippen MR) is 83.4 cm³/mol. The van der Waals surface area contributed by atoms with Crippen LogP contribution >= 0.6 is 0 Å². The van der Waals surface area contributed by atoms with Crippen LogP contribution in [-0.4, -0.2) is 18.6 Å². The van der Waals surface area contributed by atoms with Gasteiger partial charge in [0.2, 0.25) is 0 Å². The summed E-state index contributed by atoms with van der Waals surface area (Å²) in [6.45, 7) is 8.04. The zero-order valence-electron chi connectivity index (χ0n) is 12.9. The first-order valence-electron chi connectivity index (χ1n) is 7.79. The van der Waals surface area contributed by atoms with Gasteiger partial charge in [-0.3, -0.25) is 0 Å². The second-order valence-electron chi connectivity index (χ2n) is 6.16. The summed E-state index contributed by atoms with van der Waals surface area (Å²) in [5, 5.41) is 0. The number of anilines is 1. The quantitative estimate of drug-likeness (QED) is 0.907. The standard InChI is InChI=1S/C17H27FN2/c1-4-20(16-10-6-5-9-15(16)18)17(12-19)11-7-8-13(2)14(17)3/h5-6,9-10,13-14H,4,7-8,11-12,19H2,1-3H3. The maximum absolute atomic E-state index is 14.2. The number of hydrogen-bond donors (Lipinski definition) is 1. The monoisotopic (exact) mass is 278 g/mol. The van der Waals surface area contributed by atoms with Gasteiger partial charge in [0.15, 0.2) is 0 Å². The average Bonchev–Trinajstić information content (AvgIpc) is 2.46. The van der Waals surface area contributed by atoms with Crippen molar-refractivity contribution in [3.8, 4) is 0 Å². The van der Waals surface area contributed by atoms with Crippen molar-refractivity contribution in [1.82, 2.24) is 0 Å². The maximum Gasteiger partial charge on any atom is 0.146 e. The van der Waals surface area contributed by atoms with E-state index < -0.39 is 0 Å². The van der Waals surface area contributed by atoms with E-state index in [2.05, 4.69) is 25.7 Å². The molecular weight excluding hydrogens is 251 g/mol. The van der Waals surface area contributed by atoms with Crippen LogP contribution in [0.2, 0.25) is 0 Å². The number of nitrogens with two attached hydrogens (primary N) is 1. The zero-order chi connectivity index (χ0) is 14.8. The van der Waals surface area contributed by atoms with Crippen LogP contribution in [0.4, 0.5) is 10.1 Å².